The third kappa shape index (κ3) is 5.83. The Morgan fingerprint density at radius 3 is 2.48 bits per heavy atom. The SMILES string of the molecule is CN(C(=O)CCNS(=O)(=O)c1ccc(Cl)c(C(F)(F)F)c1)C1CCCCC1. The molecule has 1 amide bonds. The van der Waals surface area contributed by atoms with Gasteiger partial charge in [-0.15, -0.1) is 0 Å². The van der Waals surface area contributed by atoms with Crippen molar-refractivity contribution in [2.45, 2.75) is 55.6 Å². The second-order valence-electron chi connectivity index (χ2n) is 6.58. The number of carbonyl (C=O) groups excluding carboxylic acids is 1. The summed E-state index contributed by atoms with van der Waals surface area (Å²) < 4.78 is 65.3. The predicted octanol–water partition coefficient (Wildman–Crippen LogP) is 3.82. The molecule has 0 aromatic heterocycles. The summed E-state index contributed by atoms with van der Waals surface area (Å²) in [6, 6.07) is 2.53. The average Bonchev–Trinajstić information content (AvgIpc) is 2.60. The zero-order valence-corrected chi connectivity index (χ0v) is 16.4. The van der Waals surface area contributed by atoms with Crippen LogP contribution in [-0.2, 0) is 21.0 Å². The van der Waals surface area contributed by atoms with Crippen molar-refractivity contribution in [1.29, 1.82) is 0 Å². The fourth-order valence-corrected chi connectivity index (χ4v) is 4.40. The molecule has 0 unspecified atom stereocenters. The normalized spacial score (nSPS) is 16.3. The van der Waals surface area contributed by atoms with Crippen molar-refractivity contribution in [3.8, 4) is 0 Å². The Balaban J connectivity index is 1.97. The molecule has 1 N–H and O–H groups in total. The molecular weight excluding hydrogens is 405 g/mol. The third-order valence-corrected chi connectivity index (χ3v) is 6.49. The van der Waals surface area contributed by atoms with Crippen LogP contribution in [0.5, 0.6) is 0 Å². The summed E-state index contributed by atoms with van der Waals surface area (Å²) in [5.41, 5.74) is -1.22. The van der Waals surface area contributed by atoms with E-state index in [0.29, 0.717) is 6.07 Å². The average molecular weight is 427 g/mol. The standard InChI is InChI=1S/C17H22ClF3N2O3S/c1-23(12-5-3-2-4-6-12)16(24)9-10-22-27(25,26)13-7-8-15(18)14(11-13)17(19,20)21/h7-8,11-12,22H,2-6,9-10H2,1H3. The number of nitrogens with zero attached hydrogens (tertiary/aromatic N) is 1. The van der Waals surface area contributed by atoms with Crippen LogP contribution in [0.2, 0.25) is 5.02 Å². The Bertz CT molecular complexity index is 778. The first-order valence-corrected chi connectivity index (χ1v) is 10.5. The van der Waals surface area contributed by atoms with E-state index in [2.05, 4.69) is 4.72 Å². The Labute approximate surface area is 161 Å². The highest BCUT2D eigenvalue weighted by atomic mass is 35.5. The monoisotopic (exact) mass is 426 g/mol. The lowest BCUT2D eigenvalue weighted by atomic mass is 9.94. The molecule has 27 heavy (non-hydrogen) atoms. The van der Waals surface area contributed by atoms with Crippen LogP contribution < -0.4 is 4.72 Å². The van der Waals surface area contributed by atoms with Gasteiger partial charge in [-0.3, -0.25) is 4.79 Å². The van der Waals surface area contributed by atoms with E-state index >= 15 is 0 Å². The van der Waals surface area contributed by atoms with Crippen molar-refractivity contribution < 1.29 is 26.4 Å². The van der Waals surface area contributed by atoms with Crippen molar-refractivity contribution in [2.75, 3.05) is 13.6 Å². The fourth-order valence-electron chi connectivity index (χ4n) is 3.11. The second kappa shape index (κ2) is 8.79. The van der Waals surface area contributed by atoms with Crippen LogP contribution in [0, 0.1) is 0 Å². The molecule has 1 aromatic carbocycles. The highest BCUT2D eigenvalue weighted by molar-refractivity contribution is 7.89. The Hall–Kier alpha value is -1.32. The summed E-state index contributed by atoms with van der Waals surface area (Å²) >= 11 is 5.50. The van der Waals surface area contributed by atoms with Gasteiger partial charge in [-0.25, -0.2) is 13.1 Å². The van der Waals surface area contributed by atoms with E-state index in [1.807, 2.05) is 0 Å². The van der Waals surface area contributed by atoms with Crippen LogP contribution in [0.25, 0.3) is 0 Å². The van der Waals surface area contributed by atoms with Crippen molar-refractivity contribution in [1.82, 2.24) is 9.62 Å². The van der Waals surface area contributed by atoms with E-state index in [4.69, 9.17) is 11.6 Å². The topological polar surface area (TPSA) is 66.5 Å². The van der Waals surface area contributed by atoms with Gasteiger partial charge >= 0.3 is 6.18 Å². The maximum absolute atomic E-state index is 12.9. The molecule has 1 fully saturated rings. The van der Waals surface area contributed by atoms with Gasteiger partial charge in [0.2, 0.25) is 15.9 Å². The highest BCUT2D eigenvalue weighted by Crippen LogP contribution is 2.35. The van der Waals surface area contributed by atoms with Gasteiger partial charge in [0, 0.05) is 26.1 Å². The Morgan fingerprint density at radius 2 is 1.89 bits per heavy atom. The van der Waals surface area contributed by atoms with Gasteiger partial charge in [0.1, 0.15) is 0 Å². The number of nitrogens with one attached hydrogen (secondary N) is 1. The molecule has 0 aliphatic heterocycles. The van der Waals surface area contributed by atoms with Crippen molar-refractivity contribution in [3.63, 3.8) is 0 Å². The number of rotatable bonds is 6. The van der Waals surface area contributed by atoms with E-state index in [0.717, 1.165) is 44.2 Å². The molecule has 2 rings (SSSR count). The summed E-state index contributed by atoms with van der Waals surface area (Å²) in [6.07, 6.45) is 0.310. The quantitative estimate of drug-likeness (QED) is 0.752. The number of carbonyl (C=O) groups is 1. The van der Waals surface area contributed by atoms with Crippen LogP contribution in [0.4, 0.5) is 13.2 Å². The minimum atomic E-state index is -4.76. The number of benzene rings is 1. The summed E-state index contributed by atoms with van der Waals surface area (Å²) in [6.45, 7) is -0.192. The van der Waals surface area contributed by atoms with Crippen LogP contribution >= 0.6 is 11.6 Å². The van der Waals surface area contributed by atoms with Crippen molar-refractivity contribution in [3.05, 3.63) is 28.8 Å². The van der Waals surface area contributed by atoms with Crippen LogP contribution in [0.15, 0.2) is 23.1 Å². The third-order valence-electron chi connectivity index (χ3n) is 4.70. The Morgan fingerprint density at radius 1 is 1.26 bits per heavy atom. The molecule has 0 saturated heterocycles. The molecule has 0 spiro atoms. The zero-order valence-electron chi connectivity index (χ0n) is 14.9. The zero-order chi connectivity index (χ0) is 20.2. The molecule has 0 bridgehead atoms. The van der Waals surface area contributed by atoms with Crippen LogP contribution in [0.1, 0.15) is 44.1 Å². The maximum Gasteiger partial charge on any atom is 0.417 e. The smallest absolute Gasteiger partial charge is 0.343 e. The lowest BCUT2D eigenvalue weighted by Gasteiger charge is -2.31. The van der Waals surface area contributed by atoms with Gasteiger partial charge in [0.15, 0.2) is 0 Å². The lowest BCUT2D eigenvalue weighted by Crippen LogP contribution is -2.39. The van der Waals surface area contributed by atoms with E-state index in [-0.39, 0.29) is 24.9 Å². The summed E-state index contributed by atoms with van der Waals surface area (Å²) in [5, 5.41) is -0.578. The van der Waals surface area contributed by atoms with Gasteiger partial charge in [0.25, 0.3) is 0 Å². The summed E-state index contributed by atoms with van der Waals surface area (Å²) in [7, 11) is -2.49. The molecule has 1 aliphatic carbocycles. The van der Waals surface area contributed by atoms with Crippen molar-refractivity contribution >= 4 is 27.5 Å². The van der Waals surface area contributed by atoms with Gasteiger partial charge < -0.3 is 4.90 Å². The van der Waals surface area contributed by atoms with Gasteiger partial charge in [0.05, 0.1) is 15.5 Å². The molecule has 10 heteroatoms. The van der Waals surface area contributed by atoms with Gasteiger partial charge in [-0.2, -0.15) is 13.2 Å². The number of hydrogen-bond donors (Lipinski definition) is 1. The molecular formula is C17H22ClF3N2O3S. The first-order valence-electron chi connectivity index (χ1n) is 8.64. The molecule has 5 nitrogen and oxygen atoms in total. The van der Waals surface area contributed by atoms with Crippen LogP contribution in [0.3, 0.4) is 0 Å². The molecule has 0 heterocycles. The highest BCUT2D eigenvalue weighted by Gasteiger charge is 2.34. The molecule has 1 aromatic rings. The first-order chi connectivity index (χ1) is 12.5. The van der Waals surface area contributed by atoms with E-state index in [9.17, 15) is 26.4 Å². The van der Waals surface area contributed by atoms with Gasteiger partial charge in [-0.05, 0) is 31.0 Å². The maximum atomic E-state index is 12.9. The minimum Gasteiger partial charge on any atom is -0.343 e. The summed E-state index contributed by atoms with van der Waals surface area (Å²) in [5.74, 6) is -0.198. The van der Waals surface area contributed by atoms with Crippen molar-refractivity contribution in [2.24, 2.45) is 0 Å². The molecule has 1 saturated carbocycles. The number of amides is 1. The molecule has 152 valence electrons. The number of sulfonamides is 1. The minimum absolute atomic E-state index is 0.0635. The van der Waals surface area contributed by atoms with E-state index in [1.54, 1.807) is 11.9 Å². The number of hydrogen-bond acceptors (Lipinski definition) is 3. The number of alkyl halides is 3. The summed E-state index contributed by atoms with van der Waals surface area (Å²) in [4.78, 5) is 13.3. The van der Waals surface area contributed by atoms with E-state index in [1.165, 1.54) is 0 Å². The lowest BCUT2D eigenvalue weighted by molar-refractivity contribution is -0.137. The van der Waals surface area contributed by atoms with Crippen LogP contribution in [-0.4, -0.2) is 38.9 Å². The molecule has 0 radical (unpaired) electrons. The predicted molar refractivity (Wildman–Crippen MR) is 95.9 cm³/mol. The Kier molecular flexibility index (Phi) is 7.15. The first kappa shape index (κ1) is 22.0. The largest absolute Gasteiger partial charge is 0.417 e. The van der Waals surface area contributed by atoms with E-state index < -0.39 is 31.7 Å². The molecule has 1 aliphatic rings. The fraction of sp³-hybridized carbons (Fsp3) is 0.588. The molecule has 0 atom stereocenters. The van der Waals surface area contributed by atoms with Gasteiger partial charge in [-0.1, -0.05) is 30.9 Å². The second-order valence-corrected chi connectivity index (χ2v) is 8.76. The number of halogens is 4.